The highest BCUT2D eigenvalue weighted by molar-refractivity contribution is 9.10. The van der Waals surface area contributed by atoms with Gasteiger partial charge in [0, 0.05) is 10.0 Å². The van der Waals surface area contributed by atoms with Crippen molar-refractivity contribution in [2.75, 3.05) is 5.32 Å². The molecule has 0 saturated carbocycles. The van der Waals surface area contributed by atoms with E-state index in [-0.39, 0.29) is 11.7 Å². The van der Waals surface area contributed by atoms with Crippen molar-refractivity contribution in [3.8, 4) is 5.75 Å². The van der Waals surface area contributed by atoms with Crippen LogP contribution in [0.3, 0.4) is 0 Å². The maximum Gasteiger partial charge on any atom is 0.256 e. The quantitative estimate of drug-likeness (QED) is 0.775. The van der Waals surface area contributed by atoms with Crippen molar-refractivity contribution in [3.63, 3.8) is 0 Å². The minimum absolute atomic E-state index is 0.110. The summed E-state index contributed by atoms with van der Waals surface area (Å²) in [5.41, 5.74) is 1.46. The molecular formula is C14H10BrCl2NO2. The molecule has 0 fully saturated rings. The van der Waals surface area contributed by atoms with Gasteiger partial charge in [0.05, 0.1) is 15.7 Å². The van der Waals surface area contributed by atoms with Gasteiger partial charge in [0.2, 0.25) is 0 Å². The molecule has 0 bridgehead atoms. The zero-order chi connectivity index (χ0) is 14.9. The van der Waals surface area contributed by atoms with Gasteiger partial charge in [0.25, 0.3) is 5.91 Å². The molecule has 3 nitrogen and oxygen atoms in total. The summed E-state index contributed by atoms with van der Waals surface area (Å²) in [6.45, 7) is 1.74. The topological polar surface area (TPSA) is 49.3 Å². The van der Waals surface area contributed by atoms with Crippen LogP contribution in [0.25, 0.3) is 0 Å². The predicted octanol–water partition coefficient (Wildman–Crippen LogP) is 5.02. The number of aromatic hydroxyl groups is 1. The molecule has 2 aromatic rings. The first-order chi connectivity index (χ1) is 9.38. The largest absolute Gasteiger partial charge is 0.508 e. The Balaban J connectivity index is 2.33. The van der Waals surface area contributed by atoms with E-state index in [1.807, 2.05) is 0 Å². The van der Waals surface area contributed by atoms with E-state index in [2.05, 4.69) is 21.2 Å². The number of carbonyl (C=O) groups is 1. The van der Waals surface area contributed by atoms with E-state index < -0.39 is 0 Å². The fourth-order valence-corrected chi connectivity index (χ4v) is 3.05. The summed E-state index contributed by atoms with van der Waals surface area (Å²) in [7, 11) is 0. The van der Waals surface area contributed by atoms with E-state index in [1.54, 1.807) is 25.1 Å². The molecule has 2 N–H and O–H groups in total. The minimum atomic E-state index is -0.339. The summed E-state index contributed by atoms with van der Waals surface area (Å²) in [4.78, 5) is 12.2. The Morgan fingerprint density at radius 1 is 1.20 bits per heavy atom. The summed E-state index contributed by atoms with van der Waals surface area (Å²) in [6, 6.07) is 7.80. The Morgan fingerprint density at radius 2 is 1.80 bits per heavy atom. The maximum absolute atomic E-state index is 12.2. The van der Waals surface area contributed by atoms with Gasteiger partial charge in [-0.15, -0.1) is 0 Å². The molecule has 0 saturated heterocycles. The SMILES string of the molecule is Cc1cc(O)ccc1C(=O)Nc1c(Cl)cc(Br)cc1Cl. The van der Waals surface area contributed by atoms with Crippen LogP contribution in [0.5, 0.6) is 5.75 Å². The number of halogens is 3. The minimum Gasteiger partial charge on any atom is -0.508 e. The second-order valence-electron chi connectivity index (χ2n) is 4.20. The molecule has 2 rings (SSSR count). The molecular weight excluding hydrogens is 365 g/mol. The van der Waals surface area contributed by atoms with Crippen LogP contribution in [0.1, 0.15) is 15.9 Å². The van der Waals surface area contributed by atoms with E-state index in [9.17, 15) is 9.90 Å². The van der Waals surface area contributed by atoms with Gasteiger partial charge < -0.3 is 10.4 Å². The van der Waals surface area contributed by atoms with Crippen LogP contribution in [0.2, 0.25) is 10.0 Å². The van der Waals surface area contributed by atoms with E-state index >= 15 is 0 Å². The Bertz CT molecular complexity index is 666. The molecule has 0 atom stereocenters. The lowest BCUT2D eigenvalue weighted by Gasteiger charge is -2.11. The van der Waals surface area contributed by atoms with Crippen molar-refractivity contribution in [1.29, 1.82) is 0 Å². The van der Waals surface area contributed by atoms with Crippen LogP contribution >= 0.6 is 39.1 Å². The molecule has 0 heterocycles. The van der Waals surface area contributed by atoms with Crippen molar-refractivity contribution in [3.05, 3.63) is 56.0 Å². The van der Waals surface area contributed by atoms with E-state index in [1.165, 1.54) is 12.1 Å². The molecule has 0 spiro atoms. The zero-order valence-electron chi connectivity index (χ0n) is 10.4. The Kier molecular flexibility index (Phi) is 4.58. The normalized spacial score (nSPS) is 10.4. The van der Waals surface area contributed by atoms with Gasteiger partial charge in [0.1, 0.15) is 5.75 Å². The van der Waals surface area contributed by atoms with Crippen LogP contribution < -0.4 is 5.32 Å². The van der Waals surface area contributed by atoms with Crippen LogP contribution in [0.4, 0.5) is 5.69 Å². The first kappa shape index (κ1) is 15.2. The summed E-state index contributed by atoms with van der Waals surface area (Å²) in [5, 5.41) is 12.7. The smallest absolute Gasteiger partial charge is 0.256 e. The number of phenols is 1. The van der Waals surface area contributed by atoms with Gasteiger partial charge in [-0.05, 0) is 42.8 Å². The number of anilines is 1. The lowest BCUT2D eigenvalue weighted by atomic mass is 10.1. The molecule has 0 unspecified atom stereocenters. The Labute approximate surface area is 134 Å². The van der Waals surface area contributed by atoms with Crippen molar-refractivity contribution >= 4 is 50.7 Å². The average Bonchev–Trinajstić information content (AvgIpc) is 2.33. The number of rotatable bonds is 2. The highest BCUT2D eigenvalue weighted by Gasteiger charge is 2.14. The Hall–Kier alpha value is -1.23. The van der Waals surface area contributed by atoms with Crippen molar-refractivity contribution in [2.24, 2.45) is 0 Å². The fourth-order valence-electron chi connectivity index (χ4n) is 1.75. The molecule has 0 aliphatic heterocycles. The monoisotopic (exact) mass is 373 g/mol. The van der Waals surface area contributed by atoms with Gasteiger partial charge in [-0.3, -0.25) is 4.79 Å². The van der Waals surface area contributed by atoms with Crippen molar-refractivity contribution < 1.29 is 9.90 Å². The van der Waals surface area contributed by atoms with E-state index in [4.69, 9.17) is 23.2 Å². The Morgan fingerprint density at radius 3 is 2.35 bits per heavy atom. The van der Waals surface area contributed by atoms with Crippen LogP contribution in [-0.4, -0.2) is 11.0 Å². The lowest BCUT2D eigenvalue weighted by molar-refractivity contribution is 0.102. The zero-order valence-corrected chi connectivity index (χ0v) is 13.5. The third-order valence-electron chi connectivity index (χ3n) is 2.70. The molecule has 0 aliphatic rings. The summed E-state index contributed by atoms with van der Waals surface area (Å²) >= 11 is 15.4. The van der Waals surface area contributed by atoms with E-state index in [0.29, 0.717) is 26.9 Å². The number of hydrogen-bond donors (Lipinski definition) is 2. The third kappa shape index (κ3) is 3.26. The molecule has 0 aliphatic carbocycles. The lowest BCUT2D eigenvalue weighted by Crippen LogP contribution is -2.14. The second kappa shape index (κ2) is 6.04. The molecule has 1 amide bonds. The maximum atomic E-state index is 12.2. The highest BCUT2D eigenvalue weighted by Crippen LogP contribution is 2.34. The number of carbonyl (C=O) groups excluding carboxylic acids is 1. The fraction of sp³-hybridized carbons (Fsp3) is 0.0714. The first-order valence-corrected chi connectivity index (χ1v) is 7.19. The number of hydrogen-bond acceptors (Lipinski definition) is 2. The van der Waals surface area contributed by atoms with E-state index in [0.717, 1.165) is 4.47 Å². The molecule has 0 radical (unpaired) electrons. The van der Waals surface area contributed by atoms with Gasteiger partial charge in [0.15, 0.2) is 0 Å². The highest BCUT2D eigenvalue weighted by atomic mass is 79.9. The summed E-state index contributed by atoms with van der Waals surface area (Å²) in [6.07, 6.45) is 0. The van der Waals surface area contributed by atoms with Crippen LogP contribution in [-0.2, 0) is 0 Å². The molecule has 104 valence electrons. The van der Waals surface area contributed by atoms with Crippen molar-refractivity contribution in [2.45, 2.75) is 6.92 Å². The number of benzene rings is 2. The van der Waals surface area contributed by atoms with Gasteiger partial charge in [-0.2, -0.15) is 0 Å². The summed E-state index contributed by atoms with van der Waals surface area (Å²) in [5.74, 6) is -0.229. The van der Waals surface area contributed by atoms with Crippen molar-refractivity contribution in [1.82, 2.24) is 0 Å². The van der Waals surface area contributed by atoms with Gasteiger partial charge in [-0.1, -0.05) is 39.1 Å². The van der Waals surface area contributed by atoms with Gasteiger partial charge >= 0.3 is 0 Å². The molecule has 2 aromatic carbocycles. The number of aryl methyl sites for hydroxylation is 1. The van der Waals surface area contributed by atoms with Crippen LogP contribution in [0, 0.1) is 6.92 Å². The number of amides is 1. The third-order valence-corrected chi connectivity index (χ3v) is 3.75. The van der Waals surface area contributed by atoms with Gasteiger partial charge in [-0.25, -0.2) is 0 Å². The standard InChI is InChI=1S/C14H10BrCl2NO2/c1-7-4-9(19)2-3-10(7)14(20)18-13-11(16)5-8(15)6-12(13)17/h2-6,19H,1H3,(H,18,20). The molecule has 20 heavy (non-hydrogen) atoms. The average molecular weight is 375 g/mol. The second-order valence-corrected chi connectivity index (χ2v) is 5.93. The number of nitrogens with one attached hydrogen (secondary N) is 1. The molecule has 0 aromatic heterocycles. The van der Waals surface area contributed by atoms with Crippen LogP contribution in [0.15, 0.2) is 34.8 Å². The number of phenolic OH excluding ortho intramolecular Hbond substituents is 1. The predicted molar refractivity (Wildman–Crippen MR) is 85.0 cm³/mol. The first-order valence-electron chi connectivity index (χ1n) is 5.64. The molecule has 6 heteroatoms. The summed E-state index contributed by atoms with van der Waals surface area (Å²) < 4.78 is 0.728.